The van der Waals surface area contributed by atoms with E-state index in [2.05, 4.69) is 6.58 Å². The van der Waals surface area contributed by atoms with Crippen LogP contribution in [-0.4, -0.2) is 63.5 Å². The molecule has 0 spiro atoms. The summed E-state index contributed by atoms with van der Waals surface area (Å²) < 4.78 is 16.5. The second-order valence-electron chi connectivity index (χ2n) is 8.46. The number of rotatable bonds is 4. The summed E-state index contributed by atoms with van der Waals surface area (Å²) in [5.41, 5.74) is -3.03. The number of esters is 3. The summed E-state index contributed by atoms with van der Waals surface area (Å²) in [4.78, 5) is 36.6. The summed E-state index contributed by atoms with van der Waals surface area (Å²) >= 11 is 6.18. The van der Waals surface area contributed by atoms with Gasteiger partial charge in [0.05, 0.1) is 23.3 Å². The molecule has 0 bridgehead atoms. The van der Waals surface area contributed by atoms with Gasteiger partial charge >= 0.3 is 17.9 Å². The lowest BCUT2D eigenvalue weighted by atomic mass is 9.71. The molecule has 170 valence electrons. The fraction of sp³-hybridized carbons (Fsp3) is 0.591. The van der Waals surface area contributed by atoms with Gasteiger partial charge in [0.15, 0.2) is 0 Å². The Kier molecular flexibility index (Phi) is 6.12. The number of hydrogen-bond acceptors (Lipinski definition) is 8. The van der Waals surface area contributed by atoms with Crippen LogP contribution in [-0.2, 0) is 28.6 Å². The number of alkyl halides is 1. The third kappa shape index (κ3) is 3.60. The summed E-state index contributed by atoms with van der Waals surface area (Å²) in [6, 6.07) is 0. The Bertz CT molecular complexity index is 892. The highest BCUT2D eigenvalue weighted by molar-refractivity contribution is 6.18. The monoisotopic (exact) mass is 454 g/mol. The minimum Gasteiger partial charge on any atom is -0.458 e. The molecule has 7 atom stereocenters. The van der Waals surface area contributed by atoms with Crippen molar-refractivity contribution in [3.8, 4) is 0 Å². The molecular weight excluding hydrogens is 428 g/mol. The fourth-order valence-electron chi connectivity index (χ4n) is 4.95. The molecule has 2 fully saturated rings. The van der Waals surface area contributed by atoms with E-state index in [4.69, 9.17) is 25.8 Å². The maximum Gasteiger partial charge on any atom is 0.334 e. The average molecular weight is 455 g/mol. The molecule has 1 saturated carbocycles. The van der Waals surface area contributed by atoms with Crippen molar-refractivity contribution in [2.75, 3.05) is 5.88 Å². The number of aliphatic hydroxyl groups is 2. The molecule has 0 aromatic rings. The lowest BCUT2D eigenvalue weighted by Crippen LogP contribution is -2.59. The van der Waals surface area contributed by atoms with Gasteiger partial charge in [0.1, 0.15) is 23.9 Å². The number of allylic oxidation sites excluding steroid dienone is 1. The molecule has 2 aliphatic carbocycles. The predicted octanol–water partition coefficient (Wildman–Crippen LogP) is 1.57. The summed E-state index contributed by atoms with van der Waals surface area (Å²) in [6.07, 6.45) is -0.424. The van der Waals surface area contributed by atoms with Gasteiger partial charge in [-0.2, -0.15) is 0 Å². The van der Waals surface area contributed by atoms with Crippen LogP contribution in [0.25, 0.3) is 0 Å². The van der Waals surface area contributed by atoms with E-state index in [1.54, 1.807) is 26.8 Å². The Balaban J connectivity index is 2.16. The summed E-state index contributed by atoms with van der Waals surface area (Å²) in [5.74, 6) is -4.42. The minimum atomic E-state index is -1.92. The molecule has 1 saturated heterocycles. The van der Waals surface area contributed by atoms with E-state index in [1.165, 1.54) is 13.0 Å². The summed E-state index contributed by atoms with van der Waals surface area (Å²) in [5, 5.41) is 23.5. The first-order valence-electron chi connectivity index (χ1n) is 10.0. The van der Waals surface area contributed by atoms with Gasteiger partial charge in [0.25, 0.3) is 0 Å². The van der Waals surface area contributed by atoms with Gasteiger partial charge < -0.3 is 24.4 Å². The SMILES string of the molecule is C=C1C(=O)O[C@H]2[C@H]1[C@H](OC(=O)/C(C)=C\C)C[C@](O)(CCl)[C@@H]1[C@H](OC(C)=O)C=C(C)[C@]21O. The van der Waals surface area contributed by atoms with Crippen molar-refractivity contribution in [3.63, 3.8) is 0 Å². The number of carbonyl (C=O) groups excluding carboxylic acids is 3. The Labute approximate surface area is 185 Å². The van der Waals surface area contributed by atoms with Crippen molar-refractivity contribution in [1.82, 2.24) is 0 Å². The first-order chi connectivity index (χ1) is 14.4. The van der Waals surface area contributed by atoms with Gasteiger partial charge in [0.2, 0.25) is 0 Å². The summed E-state index contributed by atoms with van der Waals surface area (Å²) in [7, 11) is 0. The molecule has 0 aromatic carbocycles. The zero-order chi connectivity index (χ0) is 23.3. The van der Waals surface area contributed by atoms with Crippen LogP contribution in [0.5, 0.6) is 0 Å². The Morgan fingerprint density at radius 3 is 2.55 bits per heavy atom. The highest BCUT2D eigenvalue weighted by Crippen LogP contribution is 2.56. The Morgan fingerprint density at radius 1 is 1.35 bits per heavy atom. The largest absolute Gasteiger partial charge is 0.458 e. The maximum atomic E-state index is 12.5. The summed E-state index contributed by atoms with van der Waals surface area (Å²) in [6.45, 7) is 9.83. The van der Waals surface area contributed by atoms with Crippen LogP contribution in [0.3, 0.4) is 0 Å². The molecule has 1 aliphatic heterocycles. The number of ether oxygens (including phenoxy) is 3. The van der Waals surface area contributed by atoms with E-state index in [-0.39, 0.29) is 17.9 Å². The van der Waals surface area contributed by atoms with E-state index in [0.717, 1.165) is 0 Å². The van der Waals surface area contributed by atoms with E-state index in [9.17, 15) is 24.6 Å². The quantitative estimate of drug-likeness (QED) is 0.216. The van der Waals surface area contributed by atoms with E-state index in [1.807, 2.05) is 0 Å². The van der Waals surface area contributed by atoms with Crippen LogP contribution in [0, 0.1) is 11.8 Å². The average Bonchev–Trinajstić information content (AvgIpc) is 3.11. The van der Waals surface area contributed by atoms with Crippen molar-refractivity contribution < 1.29 is 38.8 Å². The molecule has 9 heteroatoms. The van der Waals surface area contributed by atoms with Gasteiger partial charge in [-0.1, -0.05) is 12.7 Å². The highest BCUT2D eigenvalue weighted by Gasteiger charge is 2.70. The zero-order valence-corrected chi connectivity index (χ0v) is 18.6. The predicted molar refractivity (Wildman–Crippen MR) is 110 cm³/mol. The molecule has 3 rings (SSSR count). The highest BCUT2D eigenvalue weighted by atomic mass is 35.5. The molecule has 8 nitrogen and oxygen atoms in total. The van der Waals surface area contributed by atoms with Crippen molar-refractivity contribution >= 4 is 29.5 Å². The van der Waals surface area contributed by atoms with Gasteiger partial charge in [-0.15, -0.1) is 11.6 Å². The molecule has 2 N–H and O–H groups in total. The minimum absolute atomic E-state index is 0.0238. The van der Waals surface area contributed by atoms with Crippen LogP contribution in [0.4, 0.5) is 0 Å². The van der Waals surface area contributed by atoms with E-state index >= 15 is 0 Å². The van der Waals surface area contributed by atoms with E-state index < -0.39 is 59.3 Å². The van der Waals surface area contributed by atoms with Gasteiger partial charge in [-0.3, -0.25) is 4.79 Å². The molecular formula is C22H27ClO8. The Hall–Kier alpha value is -2.16. The van der Waals surface area contributed by atoms with Crippen LogP contribution >= 0.6 is 11.6 Å². The van der Waals surface area contributed by atoms with Crippen LogP contribution in [0.15, 0.2) is 35.5 Å². The lowest BCUT2D eigenvalue weighted by Gasteiger charge is -2.43. The first kappa shape index (κ1) is 23.5. The van der Waals surface area contributed by atoms with Crippen LogP contribution in [0.2, 0.25) is 0 Å². The van der Waals surface area contributed by atoms with Gasteiger partial charge in [0, 0.05) is 24.5 Å². The van der Waals surface area contributed by atoms with Crippen molar-refractivity contribution in [3.05, 3.63) is 35.5 Å². The maximum absolute atomic E-state index is 12.5. The number of halogens is 1. The van der Waals surface area contributed by atoms with Gasteiger partial charge in [-0.05, 0) is 32.4 Å². The third-order valence-corrected chi connectivity index (χ3v) is 7.05. The molecule has 0 radical (unpaired) electrons. The second kappa shape index (κ2) is 8.07. The van der Waals surface area contributed by atoms with Crippen molar-refractivity contribution in [2.24, 2.45) is 11.8 Å². The van der Waals surface area contributed by atoms with Crippen LogP contribution < -0.4 is 0 Å². The lowest BCUT2D eigenvalue weighted by molar-refractivity contribution is -0.183. The normalized spacial score (nSPS) is 39.8. The molecule has 31 heavy (non-hydrogen) atoms. The van der Waals surface area contributed by atoms with Crippen LogP contribution in [0.1, 0.15) is 34.1 Å². The molecule has 1 heterocycles. The van der Waals surface area contributed by atoms with E-state index in [0.29, 0.717) is 11.1 Å². The Morgan fingerprint density at radius 2 is 2.00 bits per heavy atom. The molecule has 0 aromatic heterocycles. The first-order valence-corrected chi connectivity index (χ1v) is 10.5. The number of carbonyl (C=O) groups is 3. The zero-order valence-electron chi connectivity index (χ0n) is 17.9. The standard InChI is InChI=1S/C22H27ClO8/c1-6-10(2)19(25)30-15-8-21(27,9-23)17-14(29-13(5)24)7-11(3)22(17,28)18-16(15)12(4)20(26)31-18/h6-7,14-18,27-28H,4,8-9H2,1-3,5H3/b10-6-/t14-,15-,16-,17+,18+,21+,22-/m1/s1. The van der Waals surface area contributed by atoms with Crippen molar-refractivity contribution in [2.45, 2.75) is 63.6 Å². The van der Waals surface area contributed by atoms with Gasteiger partial charge in [-0.25, -0.2) is 9.59 Å². The molecule has 0 unspecified atom stereocenters. The fourth-order valence-corrected chi connectivity index (χ4v) is 5.23. The topological polar surface area (TPSA) is 119 Å². The molecule has 0 amide bonds. The number of fused-ring (bicyclic) bond motifs is 3. The third-order valence-electron chi connectivity index (χ3n) is 6.59. The van der Waals surface area contributed by atoms with Crippen molar-refractivity contribution in [1.29, 1.82) is 0 Å². The number of hydrogen-bond donors (Lipinski definition) is 2. The molecule has 3 aliphatic rings. The second-order valence-corrected chi connectivity index (χ2v) is 8.73. The smallest absolute Gasteiger partial charge is 0.334 e.